The normalized spacial score (nSPS) is 14.8. The van der Waals surface area contributed by atoms with Crippen LogP contribution in [0.1, 0.15) is 38.1 Å². The van der Waals surface area contributed by atoms with Crippen LogP contribution in [0.15, 0.2) is 17.3 Å². The van der Waals surface area contributed by atoms with Gasteiger partial charge in [0, 0.05) is 16.3 Å². The van der Waals surface area contributed by atoms with Crippen molar-refractivity contribution < 1.29 is 5.21 Å². The first-order valence-electron chi connectivity index (χ1n) is 5.83. The number of rotatable bonds is 6. The first kappa shape index (κ1) is 15.3. The summed E-state index contributed by atoms with van der Waals surface area (Å²) in [7, 11) is 0. The van der Waals surface area contributed by atoms with E-state index >= 15 is 0 Å². The second-order valence-electron chi connectivity index (χ2n) is 4.94. The molecule has 0 aliphatic rings. The van der Waals surface area contributed by atoms with Crippen LogP contribution >= 0.6 is 22.9 Å². The molecule has 4 N–H and O–H groups in total. The molecule has 4 nitrogen and oxygen atoms in total. The minimum absolute atomic E-state index is 0.255. The van der Waals surface area contributed by atoms with Crippen molar-refractivity contribution in [1.29, 1.82) is 0 Å². The molecule has 0 radical (unpaired) electrons. The standard InChI is InChI=1S/C12H20ClN3OS/c1-8(9-4-5-10(13)18-9)15-7-6-12(2,3)11(14)16-17/h4-5,8,15,17H,6-7H2,1-3H3,(H2,14,16). The van der Waals surface area contributed by atoms with Crippen molar-refractivity contribution in [2.45, 2.75) is 33.2 Å². The van der Waals surface area contributed by atoms with Gasteiger partial charge in [-0.05, 0) is 32.0 Å². The predicted molar refractivity (Wildman–Crippen MR) is 77.6 cm³/mol. The molecule has 0 amide bonds. The molecule has 1 aromatic heterocycles. The lowest BCUT2D eigenvalue weighted by atomic mass is 9.88. The molecule has 0 spiro atoms. The second-order valence-corrected chi connectivity index (χ2v) is 6.68. The molecule has 102 valence electrons. The van der Waals surface area contributed by atoms with Crippen LogP contribution in [0.4, 0.5) is 0 Å². The van der Waals surface area contributed by atoms with E-state index < -0.39 is 0 Å². The van der Waals surface area contributed by atoms with E-state index in [1.807, 2.05) is 26.0 Å². The summed E-state index contributed by atoms with van der Waals surface area (Å²) in [6, 6.07) is 4.19. The Hall–Kier alpha value is -0.780. The van der Waals surface area contributed by atoms with Gasteiger partial charge >= 0.3 is 0 Å². The first-order valence-corrected chi connectivity index (χ1v) is 7.03. The van der Waals surface area contributed by atoms with Crippen molar-refractivity contribution in [3.05, 3.63) is 21.3 Å². The smallest absolute Gasteiger partial charge is 0.144 e. The predicted octanol–water partition coefficient (Wildman–Crippen LogP) is 3.21. The summed E-state index contributed by atoms with van der Waals surface area (Å²) in [6.45, 7) is 6.80. The van der Waals surface area contributed by atoms with Crippen LogP contribution in [0.25, 0.3) is 0 Å². The van der Waals surface area contributed by atoms with Gasteiger partial charge in [-0.2, -0.15) is 0 Å². The van der Waals surface area contributed by atoms with E-state index in [9.17, 15) is 0 Å². The lowest BCUT2D eigenvalue weighted by Gasteiger charge is -2.23. The molecule has 6 heteroatoms. The molecule has 1 unspecified atom stereocenters. The zero-order valence-corrected chi connectivity index (χ0v) is 12.5. The molecule has 0 bridgehead atoms. The quantitative estimate of drug-likeness (QED) is 0.326. The van der Waals surface area contributed by atoms with Crippen LogP contribution in [0, 0.1) is 5.41 Å². The molecule has 0 fully saturated rings. The van der Waals surface area contributed by atoms with Crippen molar-refractivity contribution in [1.82, 2.24) is 5.32 Å². The zero-order valence-electron chi connectivity index (χ0n) is 10.9. The fraction of sp³-hybridized carbons (Fsp3) is 0.583. The topological polar surface area (TPSA) is 70.6 Å². The van der Waals surface area contributed by atoms with E-state index in [0.29, 0.717) is 0 Å². The van der Waals surface area contributed by atoms with Crippen LogP contribution < -0.4 is 11.1 Å². The van der Waals surface area contributed by atoms with Crippen molar-refractivity contribution in [3.63, 3.8) is 0 Å². The third-order valence-corrected chi connectivity index (χ3v) is 4.44. The highest BCUT2D eigenvalue weighted by molar-refractivity contribution is 7.16. The maximum atomic E-state index is 8.69. The summed E-state index contributed by atoms with van der Waals surface area (Å²) in [6.07, 6.45) is 0.798. The Balaban J connectivity index is 2.42. The van der Waals surface area contributed by atoms with Gasteiger partial charge in [-0.25, -0.2) is 0 Å². The van der Waals surface area contributed by atoms with Gasteiger partial charge < -0.3 is 16.3 Å². The summed E-state index contributed by atoms with van der Waals surface area (Å²) in [5.74, 6) is 0.260. The van der Waals surface area contributed by atoms with Gasteiger partial charge in [-0.1, -0.05) is 30.6 Å². The number of oxime groups is 1. The molecular weight excluding hydrogens is 270 g/mol. The van der Waals surface area contributed by atoms with Crippen molar-refractivity contribution in [3.8, 4) is 0 Å². The summed E-state index contributed by atoms with van der Waals surface area (Å²) in [4.78, 5) is 1.21. The lowest BCUT2D eigenvalue weighted by molar-refractivity contribution is 0.304. The SMILES string of the molecule is CC(NCCC(C)(C)C(N)=NO)c1ccc(Cl)s1. The number of hydrogen-bond donors (Lipinski definition) is 3. The third kappa shape index (κ3) is 4.15. The highest BCUT2D eigenvalue weighted by atomic mass is 35.5. The number of nitrogens with one attached hydrogen (secondary N) is 1. The molecule has 0 aromatic carbocycles. The van der Waals surface area contributed by atoms with E-state index in [2.05, 4.69) is 17.4 Å². The van der Waals surface area contributed by atoms with Crippen molar-refractivity contribution in [2.75, 3.05) is 6.54 Å². The number of nitrogens with zero attached hydrogens (tertiary/aromatic N) is 1. The van der Waals surface area contributed by atoms with Gasteiger partial charge in [0.2, 0.25) is 0 Å². The molecule has 0 saturated carbocycles. The monoisotopic (exact) mass is 289 g/mol. The fourth-order valence-electron chi connectivity index (χ4n) is 1.53. The van der Waals surface area contributed by atoms with Gasteiger partial charge in [0.25, 0.3) is 0 Å². The van der Waals surface area contributed by atoms with Crippen molar-refractivity contribution in [2.24, 2.45) is 16.3 Å². The van der Waals surface area contributed by atoms with E-state index in [-0.39, 0.29) is 17.3 Å². The number of hydrogen-bond acceptors (Lipinski definition) is 4. The molecule has 1 rings (SSSR count). The van der Waals surface area contributed by atoms with Crippen LogP contribution in [0.5, 0.6) is 0 Å². The maximum absolute atomic E-state index is 8.69. The molecular formula is C12H20ClN3OS. The maximum Gasteiger partial charge on any atom is 0.144 e. The summed E-state index contributed by atoms with van der Waals surface area (Å²) in [5.41, 5.74) is 5.33. The van der Waals surface area contributed by atoms with Gasteiger partial charge in [0.15, 0.2) is 0 Å². The first-order chi connectivity index (χ1) is 8.36. The minimum atomic E-state index is -0.311. The van der Waals surface area contributed by atoms with Crippen LogP contribution in [-0.4, -0.2) is 17.6 Å². The Bertz CT molecular complexity index is 417. The highest BCUT2D eigenvalue weighted by Crippen LogP contribution is 2.27. The van der Waals surface area contributed by atoms with Crippen LogP contribution in [0.3, 0.4) is 0 Å². The highest BCUT2D eigenvalue weighted by Gasteiger charge is 2.23. The third-order valence-electron chi connectivity index (χ3n) is 3.02. The van der Waals surface area contributed by atoms with Gasteiger partial charge in [-0.3, -0.25) is 0 Å². The molecule has 0 aliphatic carbocycles. The average molecular weight is 290 g/mol. The molecule has 0 aliphatic heterocycles. The molecule has 0 saturated heterocycles. The number of nitrogens with two attached hydrogens (primary N) is 1. The van der Waals surface area contributed by atoms with Gasteiger partial charge in [0.05, 0.1) is 4.34 Å². The molecule has 1 aromatic rings. The second kappa shape index (κ2) is 6.41. The Labute approximate surface area is 117 Å². The minimum Gasteiger partial charge on any atom is -0.409 e. The number of thiophene rings is 1. The average Bonchev–Trinajstić information content (AvgIpc) is 2.74. The Morgan fingerprint density at radius 1 is 1.61 bits per heavy atom. The van der Waals surface area contributed by atoms with Crippen molar-refractivity contribution >= 4 is 28.8 Å². The zero-order chi connectivity index (χ0) is 13.8. The Morgan fingerprint density at radius 2 is 2.28 bits per heavy atom. The van der Waals surface area contributed by atoms with E-state index in [1.54, 1.807) is 11.3 Å². The Morgan fingerprint density at radius 3 is 2.78 bits per heavy atom. The fourth-order valence-corrected chi connectivity index (χ4v) is 2.61. The molecule has 1 heterocycles. The Kier molecular flexibility index (Phi) is 5.44. The van der Waals surface area contributed by atoms with E-state index in [1.165, 1.54) is 4.88 Å². The summed E-state index contributed by atoms with van der Waals surface area (Å²) in [5, 5.41) is 15.2. The number of amidine groups is 1. The lowest BCUT2D eigenvalue weighted by Crippen LogP contribution is -2.35. The van der Waals surface area contributed by atoms with E-state index in [4.69, 9.17) is 22.5 Å². The summed E-state index contributed by atoms with van der Waals surface area (Å²) >= 11 is 7.48. The van der Waals surface area contributed by atoms with Gasteiger partial charge in [-0.15, -0.1) is 11.3 Å². The largest absolute Gasteiger partial charge is 0.409 e. The van der Waals surface area contributed by atoms with Gasteiger partial charge in [0.1, 0.15) is 5.84 Å². The van der Waals surface area contributed by atoms with Crippen LogP contribution in [0.2, 0.25) is 4.34 Å². The summed E-state index contributed by atoms with van der Waals surface area (Å²) < 4.78 is 0.802. The number of halogens is 1. The molecule has 18 heavy (non-hydrogen) atoms. The molecule has 1 atom stereocenters. The van der Waals surface area contributed by atoms with E-state index in [0.717, 1.165) is 17.3 Å². The van der Waals surface area contributed by atoms with Crippen LogP contribution in [-0.2, 0) is 0 Å².